The Morgan fingerprint density at radius 2 is 1.83 bits per heavy atom. The monoisotopic (exact) mass is 401 g/mol. The van der Waals surface area contributed by atoms with Crippen molar-refractivity contribution in [3.63, 3.8) is 0 Å². The van der Waals surface area contributed by atoms with E-state index in [1.54, 1.807) is 32.1 Å². The van der Waals surface area contributed by atoms with Gasteiger partial charge in [0.1, 0.15) is 17.8 Å². The number of amides is 1. The van der Waals surface area contributed by atoms with Crippen LogP contribution in [0, 0.1) is 11.8 Å². The highest BCUT2D eigenvalue weighted by atomic mass is 16.3. The molecule has 7 heteroatoms. The standard InChI is InChI=1S/C22H27NO6/c1-13(11-22(3,29)17(25)12-24)9-14(2)19(26)18-20(27)16(23-21(18)28)10-15-7-5-4-6-8-15/h4-8,10,13-14,24,27,29H,9,11-12H2,1-3H3,(H,23,28)/b16-10-/t13-,14-,22-/m0/s1. The van der Waals surface area contributed by atoms with E-state index in [1.165, 1.54) is 6.92 Å². The third kappa shape index (κ3) is 5.40. The van der Waals surface area contributed by atoms with Crippen LogP contribution in [0.5, 0.6) is 0 Å². The van der Waals surface area contributed by atoms with Crippen molar-refractivity contribution in [2.75, 3.05) is 6.61 Å². The van der Waals surface area contributed by atoms with Gasteiger partial charge < -0.3 is 20.6 Å². The summed E-state index contributed by atoms with van der Waals surface area (Å²) in [7, 11) is 0. The van der Waals surface area contributed by atoms with Gasteiger partial charge in [-0.2, -0.15) is 0 Å². The summed E-state index contributed by atoms with van der Waals surface area (Å²) in [6.07, 6.45) is 1.95. The van der Waals surface area contributed by atoms with Gasteiger partial charge in [-0.3, -0.25) is 14.4 Å². The number of nitrogens with one attached hydrogen (secondary N) is 1. The van der Waals surface area contributed by atoms with Gasteiger partial charge in [-0.15, -0.1) is 0 Å². The summed E-state index contributed by atoms with van der Waals surface area (Å²) < 4.78 is 0. The molecule has 1 aliphatic heterocycles. The SMILES string of the molecule is C[C@@H](C[C@H](C)C(=O)C1=C(O)/C(=C/c2ccccc2)NC1=O)C[C@](C)(O)C(=O)CO. The lowest BCUT2D eigenvalue weighted by Crippen LogP contribution is -2.39. The van der Waals surface area contributed by atoms with Crippen LogP contribution < -0.4 is 5.32 Å². The Morgan fingerprint density at radius 1 is 1.21 bits per heavy atom. The molecule has 0 saturated heterocycles. The highest BCUT2D eigenvalue weighted by molar-refractivity contribution is 6.23. The van der Waals surface area contributed by atoms with Crippen molar-refractivity contribution >= 4 is 23.5 Å². The van der Waals surface area contributed by atoms with Crippen LogP contribution in [0.25, 0.3) is 6.08 Å². The smallest absolute Gasteiger partial charge is 0.263 e. The van der Waals surface area contributed by atoms with E-state index in [2.05, 4.69) is 5.32 Å². The van der Waals surface area contributed by atoms with Gasteiger partial charge in [0.25, 0.3) is 5.91 Å². The number of rotatable bonds is 9. The minimum absolute atomic E-state index is 0.0698. The van der Waals surface area contributed by atoms with Gasteiger partial charge in [-0.1, -0.05) is 44.2 Å². The number of carbonyl (C=O) groups excluding carboxylic acids is 3. The maximum absolute atomic E-state index is 12.8. The molecule has 0 bridgehead atoms. The Hall–Kier alpha value is -2.77. The van der Waals surface area contributed by atoms with Gasteiger partial charge in [0.05, 0.1) is 5.70 Å². The summed E-state index contributed by atoms with van der Waals surface area (Å²) >= 11 is 0. The van der Waals surface area contributed by atoms with E-state index in [9.17, 15) is 24.6 Å². The number of carbonyl (C=O) groups is 3. The molecule has 0 fully saturated rings. The number of hydrogen-bond acceptors (Lipinski definition) is 6. The van der Waals surface area contributed by atoms with Crippen molar-refractivity contribution in [2.24, 2.45) is 11.8 Å². The number of ketones is 2. The van der Waals surface area contributed by atoms with Gasteiger partial charge in [-0.05, 0) is 37.3 Å². The van der Waals surface area contributed by atoms with E-state index in [1.807, 2.05) is 18.2 Å². The lowest BCUT2D eigenvalue weighted by molar-refractivity contribution is -0.140. The van der Waals surface area contributed by atoms with Crippen LogP contribution in [-0.2, 0) is 14.4 Å². The molecule has 1 aromatic rings. The van der Waals surface area contributed by atoms with Crippen LogP contribution >= 0.6 is 0 Å². The molecule has 1 amide bonds. The topological polar surface area (TPSA) is 124 Å². The lowest BCUT2D eigenvalue weighted by Gasteiger charge is -2.26. The van der Waals surface area contributed by atoms with E-state index >= 15 is 0 Å². The average molecular weight is 401 g/mol. The molecule has 3 atom stereocenters. The number of hydrogen-bond donors (Lipinski definition) is 4. The molecular formula is C22H27NO6. The largest absolute Gasteiger partial charge is 0.505 e. The third-order valence-electron chi connectivity index (χ3n) is 5.02. The summed E-state index contributed by atoms with van der Waals surface area (Å²) in [6, 6.07) is 9.08. The lowest BCUT2D eigenvalue weighted by atomic mass is 9.83. The predicted octanol–water partition coefficient (Wildman–Crippen LogP) is 1.90. The fraction of sp³-hybridized carbons (Fsp3) is 0.409. The fourth-order valence-corrected chi connectivity index (χ4v) is 3.54. The summed E-state index contributed by atoms with van der Waals surface area (Å²) in [5.41, 5.74) is -1.04. The highest BCUT2D eigenvalue weighted by Crippen LogP contribution is 2.28. The molecule has 0 spiro atoms. The quantitative estimate of drug-likeness (QED) is 0.469. The zero-order valence-electron chi connectivity index (χ0n) is 16.8. The van der Waals surface area contributed by atoms with Crippen molar-refractivity contribution in [3.05, 3.63) is 52.9 Å². The molecule has 0 aromatic heterocycles. The molecule has 1 aliphatic rings. The molecule has 4 N–H and O–H groups in total. The normalized spacial score (nSPS) is 19.6. The molecule has 29 heavy (non-hydrogen) atoms. The summed E-state index contributed by atoms with van der Waals surface area (Å²) in [4.78, 5) is 36.7. The van der Waals surface area contributed by atoms with Crippen molar-refractivity contribution in [1.29, 1.82) is 0 Å². The minimum atomic E-state index is -1.69. The van der Waals surface area contributed by atoms with Crippen LogP contribution in [-0.4, -0.2) is 45.0 Å². The van der Waals surface area contributed by atoms with Crippen molar-refractivity contribution in [3.8, 4) is 0 Å². The average Bonchev–Trinajstić information content (AvgIpc) is 2.93. The maximum Gasteiger partial charge on any atom is 0.263 e. The number of Topliss-reactive ketones (excluding diaryl/α,β-unsaturated/α-hetero) is 2. The number of aliphatic hydroxyl groups excluding tert-OH is 2. The first-order chi connectivity index (χ1) is 13.6. The zero-order chi connectivity index (χ0) is 21.8. The summed E-state index contributed by atoms with van der Waals surface area (Å²) in [6.45, 7) is 3.97. The van der Waals surface area contributed by atoms with E-state index in [0.717, 1.165) is 5.56 Å². The Labute approximate surface area is 169 Å². The van der Waals surface area contributed by atoms with Crippen LogP contribution in [0.4, 0.5) is 0 Å². The van der Waals surface area contributed by atoms with Crippen LogP contribution in [0.3, 0.4) is 0 Å². The molecule has 0 unspecified atom stereocenters. The number of aliphatic hydroxyl groups is 3. The summed E-state index contributed by atoms with van der Waals surface area (Å²) in [5.74, 6) is -3.07. The van der Waals surface area contributed by atoms with Crippen LogP contribution in [0.1, 0.15) is 39.2 Å². The van der Waals surface area contributed by atoms with Crippen LogP contribution in [0.15, 0.2) is 47.4 Å². The summed E-state index contributed by atoms with van der Waals surface area (Å²) in [5, 5.41) is 32.0. The second kappa shape index (κ2) is 9.15. The first-order valence-corrected chi connectivity index (χ1v) is 9.49. The Kier molecular flexibility index (Phi) is 7.11. The third-order valence-corrected chi connectivity index (χ3v) is 5.02. The second-order valence-electron chi connectivity index (χ2n) is 7.81. The van der Waals surface area contributed by atoms with Crippen LogP contribution in [0.2, 0.25) is 0 Å². The van der Waals surface area contributed by atoms with Gasteiger partial charge in [0, 0.05) is 5.92 Å². The molecule has 0 aliphatic carbocycles. The van der Waals surface area contributed by atoms with E-state index < -0.39 is 35.6 Å². The Bertz CT molecular complexity index is 853. The van der Waals surface area contributed by atoms with Crippen molar-refractivity contribution in [1.82, 2.24) is 5.32 Å². The van der Waals surface area contributed by atoms with Gasteiger partial charge >= 0.3 is 0 Å². The highest BCUT2D eigenvalue weighted by Gasteiger charge is 2.36. The Balaban J connectivity index is 2.12. The van der Waals surface area contributed by atoms with E-state index in [-0.39, 0.29) is 29.4 Å². The molecule has 7 nitrogen and oxygen atoms in total. The molecule has 0 saturated carbocycles. The number of benzene rings is 1. The molecule has 2 rings (SSSR count). The first kappa shape index (κ1) is 22.5. The second-order valence-corrected chi connectivity index (χ2v) is 7.81. The van der Waals surface area contributed by atoms with Gasteiger partial charge in [0.2, 0.25) is 0 Å². The van der Waals surface area contributed by atoms with Gasteiger partial charge in [0.15, 0.2) is 17.3 Å². The Morgan fingerprint density at radius 3 is 2.41 bits per heavy atom. The molecule has 156 valence electrons. The van der Waals surface area contributed by atoms with Crippen molar-refractivity contribution in [2.45, 2.75) is 39.2 Å². The van der Waals surface area contributed by atoms with E-state index in [0.29, 0.717) is 6.42 Å². The van der Waals surface area contributed by atoms with Gasteiger partial charge in [-0.25, -0.2) is 0 Å². The molecule has 0 radical (unpaired) electrons. The molecule has 1 heterocycles. The maximum atomic E-state index is 12.8. The minimum Gasteiger partial charge on any atom is -0.505 e. The molecule has 1 aromatic carbocycles. The zero-order valence-corrected chi connectivity index (χ0v) is 16.8. The molecular weight excluding hydrogens is 374 g/mol. The predicted molar refractivity (Wildman–Crippen MR) is 108 cm³/mol. The fourth-order valence-electron chi connectivity index (χ4n) is 3.54. The van der Waals surface area contributed by atoms with E-state index in [4.69, 9.17) is 5.11 Å². The first-order valence-electron chi connectivity index (χ1n) is 9.49. The van der Waals surface area contributed by atoms with Crippen molar-refractivity contribution < 1.29 is 29.7 Å².